The van der Waals surface area contributed by atoms with E-state index in [1.165, 1.54) is 29.6 Å². The monoisotopic (exact) mass is 956 g/mol. The molecule has 10 heteroatoms. The van der Waals surface area contributed by atoms with Crippen LogP contribution in [-0.2, 0) is 38.1 Å². The molecule has 4 atom stereocenters. The molecule has 6 aromatic rings. The third-order valence-corrected chi connectivity index (χ3v) is 16.2. The van der Waals surface area contributed by atoms with Crippen molar-refractivity contribution in [3.63, 3.8) is 0 Å². The lowest BCUT2D eigenvalue weighted by molar-refractivity contribution is -0.156. The van der Waals surface area contributed by atoms with Crippen molar-refractivity contribution in [1.29, 1.82) is 0 Å². The van der Waals surface area contributed by atoms with Crippen LogP contribution in [0.1, 0.15) is 203 Å². The van der Waals surface area contributed by atoms with Gasteiger partial charge < -0.3 is 18.9 Å². The molecule has 68 heavy (non-hydrogen) atoms. The van der Waals surface area contributed by atoms with Crippen molar-refractivity contribution in [2.24, 2.45) is 0 Å². The highest BCUT2D eigenvalue weighted by molar-refractivity contribution is 7.36. The van der Waals surface area contributed by atoms with Gasteiger partial charge in [-0.2, -0.15) is 0 Å². The lowest BCUT2D eigenvalue weighted by Gasteiger charge is -2.31. The zero-order valence-electron chi connectivity index (χ0n) is 40.5. The lowest BCUT2D eigenvalue weighted by atomic mass is 9.85. The third kappa shape index (κ3) is 11.7. The minimum atomic E-state index is -0.386. The van der Waals surface area contributed by atoms with Gasteiger partial charge in [-0.15, -0.1) is 22.7 Å². The number of hydrogen-bond acceptors (Lipinski definition) is 10. The summed E-state index contributed by atoms with van der Waals surface area (Å²) in [5, 5.41) is 2.44. The Bertz CT molecular complexity index is 2540. The SMILES string of the molecule is CCCCCC(=O)OC1CCC(OC(=O)CCCCC)c2cc(-c3ccc4c(c3)sc3c5ccc(-c6ccc7c(c6)C(OC(=O)CCCCC)CCC7OC(=O)CCCCC)cc5sc43)ccc21. The fraction of sp³-hybridized carbons (Fsp3) is 0.483. The maximum Gasteiger partial charge on any atom is 0.306 e. The van der Waals surface area contributed by atoms with Crippen LogP contribution in [0.5, 0.6) is 0 Å². The van der Waals surface area contributed by atoms with E-state index in [4.69, 9.17) is 18.9 Å². The minimum Gasteiger partial charge on any atom is -0.457 e. The first kappa shape index (κ1) is 49.4. The molecule has 0 radical (unpaired) electrons. The number of ether oxygens (including phenoxy) is 4. The Labute approximate surface area is 410 Å². The van der Waals surface area contributed by atoms with Gasteiger partial charge in [0.1, 0.15) is 24.4 Å². The molecule has 0 spiro atoms. The van der Waals surface area contributed by atoms with Crippen molar-refractivity contribution < 1.29 is 38.1 Å². The fourth-order valence-corrected chi connectivity index (χ4v) is 12.7. The smallest absolute Gasteiger partial charge is 0.306 e. The molecule has 0 fully saturated rings. The van der Waals surface area contributed by atoms with Gasteiger partial charge in [0.25, 0.3) is 0 Å². The molecule has 360 valence electrons. The number of benzene rings is 4. The number of carbonyl (C=O) groups is 4. The number of thiophene rings is 2. The predicted octanol–water partition coefficient (Wildman–Crippen LogP) is 16.8. The van der Waals surface area contributed by atoms with Crippen molar-refractivity contribution in [3.05, 3.63) is 95.1 Å². The molecule has 2 aromatic heterocycles. The Morgan fingerprint density at radius 2 is 0.691 bits per heavy atom. The highest BCUT2D eigenvalue weighted by Crippen LogP contribution is 2.48. The largest absolute Gasteiger partial charge is 0.457 e. The van der Waals surface area contributed by atoms with Crippen LogP contribution < -0.4 is 0 Å². The molecule has 0 amide bonds. The van der Waals surface area contributed by atoms with E-state index in [-0.39, 0.29) is 48.3 Å². The maximum absolute atomic E-state index is 13.0. The van der Waals surface area contributed by atoms with Crippen LogP contribution in [0.3, 0.4) is 0 Å². The molecule has 8 rings (SSSR count). The van der Waals surface area contributed by atoms with Crippen molar-refractivity contribution >= 4 is 76.1 Å². The standard InChI is InChI=1S/C58H68O8S2/c1-5-9-13-17-53(59)63-47-29-31-49(65-55(61)19-15-11-7-3)45-33-37(21-25-41(45)47)39-23-27-43-51(35-39)67-58-44-28-24-40(36-52(44)68-57(43)58)38-22-26-42-46(34-38)50(66-56(62)20-16-12-8-4)32-30-48(42)64-54(60)18-14-10-6-2/h21-28,33-36,47-50H,5-20,29-32H2,1-4H3. The zero-order chi connectivity index (χ0) is 47.6. The van der Waals surface area contributed by atoms with Gasteiger partial charge in [-0.1, -0.05) is 128 Å². The quantitative estimate of drug-likeness (QED) is 0.0376. The van der Waals surface area contributed by atoms with Gasteiger partial charge in [0.15, 0.2) is 0 Å². The van der Waals surface area contributed by atoms with E-state index in [0.29, 0.717) is 51.4 Å². The van der Waals surface area contributed by atoms with E-state index in [9.17, 15) is 19.2 Å². The number of unbranched alkanes of at least 4 members (excludes halogenated alkanes) is 8. The van der Waals surface area contributed by atoms with Gasteiger partial charge in [0, 0.05) is 45.9 Å². The number of esters is 4. The predicted molar refractivity (Wildman–Crippen MR) is 276 cm³/mol. The summed E-state index contributed by atoms with van der Waals surface area (Å²) in [6.45, 7) is 8.50. The Morgan fingerprint density at radius 3 is 1.01 bits per heavy atom. The highest BCUT2D eigenvalue weighted by Gasteiger charge is 2.34. The first-order valence-electron chi connectivity index (χ1n) is 25.6. The van der Waals surface area contributed by atoms with Crippen LogP contribution in [0.25, 0.3) is 51.8 Å². The summed E-state index contributed by atoms with van der Waals surface area (Å²) in [4.78, 5) is 51.8. The Hall–Kier alpha value is -5.06. The molecule has 0 aliphatic heterocycles. The summed E-state index contributed by atoms with van der Waals surface area (Å²) < 4.78 is 29.3. The van der Waals surface area contributed by atoms with Crippen LogP contribution in [0.4, 0.5) is 0 Å². The first-order chi connectivity index (χ1) is 33.2. The van der Waals surface area contributed by atoms with Crippen molar-refractivity contribution in [2.45, 2.75) is 181 Å². The van der Waals surface area contributed by atoms with Crippen LogP contribution in [0, 0.1) is 0 Å². The Balaban J connectivity index is 1.06. The minimum absolute atomic E-state index is 0.170. The molecular weight excluding hydrogens is 889 g/mol. The molecule has 8 nitrogen and oxygen atoms in total. The van der Waals surface area contributed by atoms with Gasteiger partial charge in [0.05, 0.1) is 9.40 Å². The van der Waals surface area contributed by atoms with Crippen molar-refractivity contribution in [2.75, 3.05) is 0 Å². The van der Waals surface area contributed by atoms with Crippen molar-refractivity contribution in [3.8, 4) is 22.3 Å². The van der Waals surface area contributed by atoms with E-state index in [1.807, 2.05) is 0 Å². The number of carbonyl (C=O) groups excluding carboxylic acids is 4. The molecule has 0 saturated carbocycles. The second-order valence-corrected chi connectivity index (χ2v) is 21.0. The summed E-state index contributed by atoms with van der Waals surface area (Å²) in [6, 6.07) is 26.0. The number of hydrogen-bond donors (Lipinski definition) is 0. The molecule has 4 unspecified atom stereocenters. The molecule has 2 aliphatic rings. The van der Waals surface area contributed by atoms with E-state index in [1.54, 1.807) is 22.7 Å². The van der Waals surface area contributed by atoms with E-state index >= 15 is 0 Å². The van der Waals surface area contributed by atoms with Crippen LogP contribution in [0.15, 0.2) is 72.8 Å². The average molecular weight is 957 g/mol. The van der Waals surface area contributed by atoms with E-state index in [0.717, 1.165) is 122 Å². The second-order valence-electron chi connectivity index (χ2n) is 18.9. The number of rotatable bonds is 22. The van der Waals surface area contributed by atoms with Gasteiger partial charge in [-0.05, 0) is 120 Å². The Kier molecular flexibility index (Phi) is 17.1. The average Bonchev–Trinajstić information content (AvgIpc) is 3.88. The van der Waals surface area contributed by atoms with Gasteiger partial charge in [-0.3, -0.25) is 19.2 Å². The third-order valence-electron chi connectivity index (χ3n) is 13.7. The van der Waals surface area contributed by atoms with E-state index in [2.05, 4.69) is 100 Å². The Morgan fingerprint density at radius 1 is 0.397 bits per heavy atom. The summed E-state index contributed by atoms with van der Waals surface area (Å²) >= 11 is 3.61. The zero-order valence-corrected chi connectivity index (χ0v) is 42.1. The summed E-state index contributed by atoms with van der Waals surface area (Å²) in [5.74, 6) is -0.687. The van der Waals surface area contributed by atoms with Crippen LogP contribution in [0.2, 0.25) is 0 Å². The van der Waals surface area contributed by atoms with Crippen molar-refractivity contribution in [1.82, 2.24) is 0 Å². The first-order valence-corrected chi connectivity index (χ1v) is 27.3. The fourth-order valence-electron chi connectivity index (χ4n) is 9.93. The molecule has 0 saturated heterocycles. The molecular formula is C58H68O8S2. The van der Waals surface area contributed by atoms with Crippen LogP contribution in [-0.4, -0.2) is 23.9 Å². The van der Waals surface area contributed by atoms with Gasteiger partial charge in [-0.25, -0.2) is 0 Å². The van der Waals surface area contributed by atoms with Gasteiger partial charge >= 0.3 is 23.9 Å². The summed E-state index contributed by atoms with van der Waals surface area (Å²) in [5.41, 5.74) is 7.95. The van der Waals surface area contributed by atoms with Gasteiger partial charge in [0.2, 0.25) is 0 Å². The second kappa shape index (κ2) is 23.5. The molecule has 0 bridgehead atoms. The highest BCUT2D eigenvalue weighted by atomic mass is 32.1. The van der Waals surface area contributed by atoms with Crippen LogP contribution >= 0.6 is 22.7 Å². The normalized spacial score (nSPS) is 17.8. The topological polar surface area (TPSA) is 105 Å². The van der Waals surface area contributed by atoms with E-state index < -0.39 is 0 Å². The molecule has 4 aromatic carbocycles. The number of fused-ring (bicyclic) bond motifs is 7. The summed E-state index contributed by atoms with van der Waals surface area (Å²) in [7, 11) is 0. The summed E-state index contributed by atoms with van der Waals surface area (Å²) in [6.07, 6.45) is 14.0. The molecule has 0 N–H and O–H groups in total. The molecule has 2 heterocycles. The maximum atomic E-state index is 13.0. The molecule has 2 aliphatic carbocycles. The lowest BCUT2D eigenvalue weighted by Crippen LogP contribution is -2.22.